The van der Waals surface area contributed by atoms with Gasteiger partial charge in [0.1, 0.15) is 5.69 Å². The van der Waals surface area contributed by atoms with Crippen LogP contribution < -0.4 is 0 Å². The molecule has 11 heteroatoms. The Kier molecular flexibility index (Phi) is 6.78. The quantitative estimate of drug-likeness (QED) is 0.400. The maximum atomic E-state index is 13.5. The first kappa shape index (κ1) is 23.2. The van der Waals surface area contributed by atoms with Crippen LogP contribution in [-0.4, -0.2) is 69.3 Å². The molecule has 3 aromatic rings. The standard InChI is InChI=1S/C23H22ClN5O5/c1-2-34-23(31)27-12-10-26(11-13-27)22(30)21-15-20(16-6-8-18(9-7-16)29(32)33)25-28(21)19-5-3-4-17(24)14-19/h3-9,14-15H,2,10-13H2,1H3. The Morgan fingerprint density at radius 2 is 1.74 bits per heavy atom. The van der Waals surface area contributed by atoms with Gasteiger partial charge in [-0.05, 0) is 43.3 Å². The lowest BCUT2D eigenvalue weighted by molar-refractivity contribution is -0.384. The second kappa shape index (κ2) is 9.92. The first-order valence-electron chi connectivity index (χ1n) is 10.7. The molecule has 1 aliphatic heterocycles. The van der Waals surface area contributed by atoms with Gasteiger partial charge in [0.05, 0.1) is 22.9 Å². The van der Waals surface area contributed by atoms with Crippen molar-refractivity contribution < 1.29 is 19.2 Å². The summed E-state index contributed by atoms with van der Waals surface area (Å²) >= 11 is 6.17. The average molecular weight is 484 g/mol. The number of rotatable bonds is 5. The van der Waals surface area contributed by atoms with Gasteiger partial charge in [-0.1, -0.05) is 17.7 Å². The molecule has 0 radical (unpaired) electrons. The van der Waals surface area contributed by atoms with Crippen LogP contribution in [0.1, 0.15) is 17.4 Å². The Hall–Kier alpha value is -3.92. The summed E-state index contributed by atoms with van der Waals surface area (Å²) < 4.78 is 6.56. The molecule has 0 saturated carbocycles. The molecule has 2 aromatic carbocycles. The van der Waals surface area contributed by atoms with Crippen molar-refractivity contribution in [3.8, 4) is 16.9 Å². The summed E-state index contributed by atoms with van der Waals surface area (Å²) in [5.74, 6) is -0.246. The van der Waals surface area contributed by atoms with Crippen molar-refractivity contribution in [2.45, 2.75) is 6.92 Å². The van der Waals surface area contributed by atoms with E-state index < -0.39 is 4.92 Å². The van der Waals surface area contributed by atoms with E-state index in [0.29, 0.717) is 60.4 Å². The fourth-order valence-corrected chi connectivity index (χ4v) is 3.89. The zero-order valence-electron chi connectivity index (χ0n) is 18.4. The second-order valence-electron chi connectivity index (χ2n) is 7.59. The number of nitro benzene ring substituents is 1. The number of nitro groups is 1. The third-order valence-electron chi connectivity index (χ3n) is 5.45. The number of hydrogen-bond donors (Lipinski definition) is 0. The molecule has 1 aliphatic rings. The Balaban J connectivity index is 1.65. The molecule has 0 spiro atoms. The van der Waals surface area contributed by atoms with Crippen molar-refractivity contribution in [2.24, 2.45) is 0 Å². The average Bonchev–Trinajstić information content (AvgIpc) is 3.29. The molecule has 1 saturated heterocycles. The first-order valence-corrected chi connectivity index (χ1v) is 11.1. The molecule has 176 valence electrons. The highest BCUT2D eigenvalue weighted by molar-refractivity contribution is 6.30. The molecule has 0 bridgehead atoms. The van der Waals surface area contributed by atoms with Crippen LogP contribution in [0.5, 0.6) is 0 Å². The predicted molar refractivity (Wildman–Crippen MR) is 125 cm³/mol. The molecule has 4 rings (SSSR count). The number of hydrogen-bond acceptors (Lipinski definition) is 6. The lowest BCUT2D eigenvalue weighted by atomic mass is 10.1. The van der Waals surface area contributed by atoms with Crippen LogP contribution in [0.2, 0.25) is 5.02 Å². The van der Waals surface area contributed by atoms with Crippen LogP contribution in [0.3, 0.4) is 0 Å². The number of aromatic nitrogens is 2. The van der Waals surface area contributed by atoms with Gasteiger partial charge < -0.3 is 14.5 Å². The highest BCUT2D eigenvalue weighted by atomic mass is 35.5. The minimum absolute atomic E-state index is 0.0335. The van der Waals surface area contributed by atoms with Gasteiger partial charge in [-0.2, -0.15) is 5.10 Å². The molecule has 0 unspecified atom stereocenters. The zero-order valence-corrected chi connectivity index (χ0v) is 19.1. The zero-order chi connectivity index (χ0) is 24.2. The van der Waals surface area contributed by atoms with Crippen LogP contribution in [0.15, 0.2) is 54.6 Å². The summed E-state index contributed by atoms with van der Waals surface area (Å²) in [7, 11) is 0. The van der Waals surface area contributed by atoms with E-state index in [2.05, 4.69) is 5.10 Å². The normalized spacial score (nSPS) is 13.6. The third-order valence-corrected chi connectivity index (χ3v) is 5.68. The molecule has 2 heterocycles. The smallest absolute Gasteiger partial charge is 0.409 e. The minimum atomic E-state index is -0.473. The SMILES string of the molecule is CCOC(=O)N1CCN(C(=O)c2cc(-c3ccc([N+](=O)[O-])cc3)nn2-c2cccc(Cl)c2)CC1. The number of halogens is 1. The predicted octanol–water partition coefficient (Wildman–Crippen LogP) is 4.02. The maximum Gasteiger partial charge on any atom is 0.409 e. The summed E-state index contributed by atoms with van der Waals surface area (Å²) in [6.45, 7) is 3.48. The van der Waals surface area contributed by atoms with Gasteiger partial charge in [0.2, 0.25) is 0 Å². The van der Waals surface area contributed by atoms with E-state index in [-0.39, 0.29) is 17.7 Å². The first-order chi connectivity index (χ1) is 16.4. The van der Waals surface area contributed by atoms with E-state index in [1.54, 1.807) is 59.2 Å². The number of piperazine rings is 1. The van der Waals surface area contributed by atoms with Crippen molar-refractivity contribution in [2.75, 3.05) is 32.8 Å². The number of carbonyl (C=O) groups excluding carboxylic acids is 2. The van der Waals surface area contributed by atoms with E-state index in [4.69, 9.17) is 16.3 Å². The molecule has 0 atom stereocenters. The van der Waals surface area contributed by atoms with E-state index in [0.717, 1.165) is 0 Å². The van der Waals surface area contributed by atoms with Gasteiger partial charge in [-0.25, -0.2) is 9.48 Å². The lowest BCUT2D eigenvalue weighted by Gasteiger charge is -2.34. The number of carbonyl (C=O) groups is 2. The van der Waals surface area contributed by atoms with E-state index in [1.165, 1.54) is 16.8 Å². The van der Waals surface area contributed by atoms with E-state index >= 15 is 0 Å². The number of nitrogens with zero attached hydrogens (tertiary/aromatic N) is 5. The third kappa shape index (κ3) is 4.86. The fraction of sp³-hybridized carbons (Fsp3) is 0.261. The molecule has 10 nitrogen and oxygen atoms in total. The van der Waals surface area contributed by atoms with Crippen LogP contribution in [0, 0.1) is 10.1 Å². The van der Waals surface area contributed by atoms with Crippen molar-refractivity contribution in [3.05, 3.63) is 75.4 Å². The molecule has 34 heavy (non-hydrogen) atoms. The topological polar surface area (TPSA) is 111 Å². The van der Waals surface area contributed by atoms with Gasteiger partial charge in [-0.15, -0.1) is 0 Å². The van der Waals surface area contributed by atoms with Crippen molar-refractivity contribution in [1.82, 2.24) is 19.6 Å². The van der Waals surface area contributed by atoms with Crippen LogP contribution in [0.4, 0.5) is 10.5 Å². The summed E-state index contributed by atoms with van der Waals surface area (Å²) in [5.41, 5.74) is 2.01. The number of benzene rings is 2. The molecule has 0 aliphatic carbocycles. The van der Waals surface area contributed by atoms with Crippen LogP contribution >= 0.6 is 11.6 Å². The fourth-order valence-electron chi connectivity index (χ4n) is 3.70. The summed E-state index contributed by atoms with van der Waals surface area (Å²) in [5, 5.41) is 16.1. The molecular weight excluding hydrogens is 462 g/mol. The van der Waals surface area contributed by atoms with Gasteiger partial charge in [0.25, 0.3) is 11.6 Å². The lowest BCUT2D eigenvalue weighted by Crippen LogP contribution is -2.51. The Labute approximate surface area is 200 Å². The van der Waals surface area contributed by atoms with E-state index in [9.17, 15) is 19.7 Å². The number of amides is 2. The van der Waals surface area contributed by atoms with Crippen molar-refractivity contribution >= 4 is 29.3 Å². The van der Waals surface area contributed by atoms with Gasteiger partial charge >= 0.3 is 6.09 Å². The Morgan fingerprint density at radius 1 is 1.06 bits per heavy atom. The van der Waals surface area contributed by atoms with Gasteiger partial charge in [0, 0.05) is 48.9 Å². The van der Waals surface area contributed by atoms with Crippen molar-refractivity contribution in [1.29, 1.82) is 0 Å². The van der Waals surface area contributed by atoms with E-state index in [1.807, 2.05) is 0 Å². The second-order valence-corrected chi connectivity index (χ2v) is 8.03. The molecule has 2 amide bonds. The Bertz CT molecular complexity index is 1220. The molecule has 0 N–H and O–H groups in total. The summed E-state index contributed by atoms with van der Waals surface area (Å²) in [4.78, 5) is 39.2. The maximum absolute atomic E-state index is 13.5. The Morgan fingerprint density at radius 3 is 2.35 bits per heavy atom. The highest BCUT2D eigenvalue weighted by Gasteiger charge is 2.28. The molecule has 1 fully saturated rings. The minimum Gasteiger partial charge on any atom is -0.450 e. The molecular formula is C23H22ClN5O5. The largest absolute Gasteiger partial charge is 0.450 e. The summed E-state index contributed by atoms with van der Waals surface area (Å²) in [6, 6.07) is 14.6. The molecule has 1 aromatic heterocycles. The number of ether oxygens (including phenoxy) is 1. The van der Waals surface area contributed by atoms with Crippen molar-refractivity contribution in [3.63, 3.8) is 0 Å². The van der Waals surface area contributed by atoms with Crippen LogP contribution in [-0.2, 0) is 4.74 Å². The number of non-ortho nitro benzene ring substituents is 1. The van der Waals surface area contributed by atoms with Crippen LogP contribution in [0.25, 0.3) is 16.9 Å². The highest BCUT2D eigenvalue weighted by Crippen LogP contribution is 2.26. The van der Waals surface area contributed by atoms with Gasteiger partial charge in [0.15, 0.2) is 0 Å². The van der Waals surface area contributed by atoms with Gasteiger partial charge in [-0.3, -0.25) is 14.9 Å². The monoisotopic (exact) mass is 483 g/mol. The summed E-state index contributed by atoms with van der Waals surface area (Å²) in [6.07, 6.45) is -0.390.